The van der Waals surface area contributed by atoms with Gasteiger partial charge >= 0.3 is 0 Å². The molecule has 0 radical (unpaired) electrons. The van der Waals surface area contributed by atoms with Crippen LogP contribution in [0.2, 0.25) is 0 Å². The first-order valence-corrected chi connectivity index (χ1v) is 8.20. The number of rotatable bonds is 7. The second kappa shape index (κ2) is 6.89. The molecule has 0 aliphatic heterocycles. The maximum Gasteiger partial charge on any atom is 0.144 e. The van der Waals surface area contributed by atoms with Crippen LogP contribution in [0.5, 0.6) is 0 Å². The van der Waals surface area contributed by atoms with Crippen LogP contribution >= 0.6 is 11.8 Å². The highest BCUT2D eigenvalue weighted by molar-refractivity contribution is 7.99. The van der Waals surface area contributed by atoms with Crippen molar-refractivity contribution in [3.8, 4) is 0 Å². The van der Waals surface area contributed by atoms with Crippen LogP contribution in [0.4, 0.5) is 0 Å². The number of H-pyrrole nitrogens is 1. The number of thioether (sulfide) groups is 1. The Bertz CT molecular complexity index is 586. The minimum Gasteiger partial charge on any atom is -0.409 e. The number of hydrogen-bond donors (Lipinski definition) is 3. The van der Waals surface area contributed by atoms with E-state index in [-0.39, 0.29) is 5.41 Å². The maximum absolute atomic E-state index is 8.75. The fourth-order valence-corrected chi connectivity index (χ4v) is 3.20. The van der Waals surface area contributed by atoms with E-state index in [2.05, 4.69) is 34.4 Å². The number of unbranched alkanes of at least 4 members (excludes halogenated alkanes) is 1. The van der Waals surface area contributed by atoms with Gasteiger partial charge in [0.25, 0.3) is 0 Å². The molecule has 114 valence electrons. The van der Waals surface area contributed by atoms with Crippen LogP contribution in [-0.2, 0) is 0 Å². The van der Waals surface area contributed by atoms with E-state index in [1.54, 1.807) is 0 Å². The molecule has 0 bridgehead atoms. The molecule has 0 saturated carbocycles. The molecule has 0 unspecified atom stereocenters. The van der Waals surface area contributed by atoms with E-state index in [1.165, 1.54) is 15.9 Å². The van der Waals surface area contributed by atoms with Gasteiger partial charge in [0.05, 0.1) is 5.03 Å². The molecule has 4 nitrogen and oxygen atoms in total. The van der Waals surface area contributed by atoms with Crippen molar-refractivity contribution in [1.82, 2.24) is 4.98 Å². The van der Waals surface area contributed by atoms with E-state index in [1.807, 2.05) is 31.7 Å². The summed E-state index contributed by atoms with van der Waals surface area (Å²) >= 11 is 1.84. The number of aromatic amines is 1. The van der Waals surface area contributed by atoms with Crippen LogP contribution in [0.3, 0.4) is 0 Å². The van der Waals surface area contributed by atoms with Crippen LogP contribution in [0, 0.1) is 5.41 Å². The average molecular weight is 305 g/mol. The number of hydrogen-bond acceptors (Lipinski definition) is 3. The molecule has 0 aliphatic rings. The molecule has 0 atom stereocenters. The fraction of sp³-hybridized carbons (Fsp3) is 0.438. The summed E-state index contributed by atoms with van der Waals surface area (Å²) < 4.78 is 0. The van der Waals surface area contributed by atoms with Crippen LogP contribution in [-0.4, -0.2) is 21.8 Å². The zero-order valence-electron chi connectivity index (χ0n) is 12.6. The van der Waals surface area contributed by atoms with E-state index < -0.39 is 0 Å². The lowest BCUT2D eigenvalue weighted by Crippen LogP contribution is -2.31. The number of fused-ring (bicyclic) bond motifs is 1. The molecule has 1 aromatic heterocycles. The SMILES string of the molecule is CC(C)(CCCCSc1cc2ccccc2[nH]1)/C(N)=N/O. The van der Waals surface area contributed by atoms with Gasteiger partial charge in [-0.1, -0.05) is 43.6 Å². The monoisotopic (exact) mass is 305 g/mol. The molecule has 0 saturated heterocycles. The predicted octanol–water partition coefficient (Wildman–Crippen LogP) is 4.20. The third kappa shape index (κ3) is 4.17. The fourth-order valence-electron chi connectivity index (χ4n) is 2.24. The third-order valence-corrected chi connectivity index (χ3v) is 4.78. The minimum absolute atomic E-state index is 0.236. The van der Waals surface area contributed by atoms with Gasteiger partial charge in [-0.3, -0.25) is 0 Å². The Morgan fingerprint density at radius 2 is 2.10 bits per heavy atom. The highest BCUT2D eigenvalue weighted by Crippen LogP contribution is 2.27. The van der Waals surface area contributed by atoms with Crippen LogP contribution in [0.1, 0.15) is 33.1 Å². The molecular formula is C16H23N3OS. The summed E-state index contributed by atoms with van der Waals surface area (Å²) in [4.78, 5) is 3.42. The maximum atomic E-state index is 8.75. The van der Waals surface area contributed by atoms with E-state index in [0.29, 0.717) is 5.84 Å². The minimum atomic E-state index is -0.236. The normalized spacial score (nSPS) is 13.0. The van der Waals surface area contributed by atoms with Crippen LogP contribution < -0.4 is 5.73 Å². The summed E-state index contributed by atoms with van der Waals surface area (Å²) in [6.45, 7) is 4.01. The lowest BCUT2D eigenvalue weighted by atomic mass is 9.86. The van der Waals surface area contributed by atoms with E-state index >= 15 is 0 Å². The highest BCUT2D eigenvalue weighted by atomic mass is 32.2. The van der Waals surface area contributed by atoms with Gasteiger partial charge in [-0.2, -0.15) is 0 Å². The van der Waals surface area contributed by atoms with Gasteiger partial charge in [-0.05, 0) is 30.7 Å². The Hall–Kier alpha value is -1.62. The Morgan fingerprint density at radius 1 is 1.33 bits per heavy atom. The largest absolute Gasteiger partial charge is 0.409 e. The molecule has 0 amide bonds. The summed E-state index contributed by atoms with van der Waals surface area (Å²) in [5.41, 5.74) is 6.64. The van der Waals surface area contributed by atoms with E-state index in [9.17, 15) is 0 Å². The van der Waals surface area contributed by atoms with Crippen LogP contribution in [0.25, 0.3) is 10.9 Å². The number of nitrogens with two attached hydrogens (primary N) is 1. The van der Waals surface area contributed by atoms with Crippen molar-refractivity contribution in [3.63, 3.8) is 0 Å². The number of nitrogens with zero attached hydrogens (tertiary/aromatic N) is 1. The van der Waals surface area contributed by atoms with Crippen molar-refractivity contribution in [3.05, 3.63) is 30.3 Å². The van der Waals surface area contributed by atoms with Gasteiger partial charge < -0.3 is 15.9 Å². The van der Waals surface area contributed by atoms with Crippen molar-refractivity contribution in [2.24, 2.45) is 16.3 Å². The molecule has 1 heterocycles. The Balaban J connectivity index is 1.75. The number of nitrogens with one attached hydrogen (secondary N) is 1. The highest BCUT2D eigenvalue weighted by Gasteiger charge is 2.22. The van der Waals surface area contributed by atoms with Gasteiger partial charge in [-0.25, -0.2) is 0 Å². The zero-order chi connectivity index (χ0) is 15.3. The number of para-hydroxylation sites is 1. The van der Waals surface area contributed by atoms with E-state index in [4.69, 9.17) is 10.9 Å². The Kier molecular flexibility index (Phi) is 5.17. The smallest absolute Gasteiger partial charge is 0.144 e. The van der Waals surface area contributed by atoms with Crippen LogP contribution in [0.15, 0.2) is 40.5 Å². The third-order valence-electron chi connectivity index (χ3n) is 3.76. The molecule has 2 rings (SSSR count). The Morgan fingerprint density at radius 3 is 2.81 bits per heavy atom. The molecular weight excluding hydrogens is 282 g/mol. The van der Waals surface area contributed by atoms with E-state index in [0.717, 1.165) is 25.0 Å². The van der Waals surface area contributed by atoms with Crippen molar-refractivity contribution in [1.29, 1.82) is 0 Å². The number of aromatic nitrogens is 1. The topological polar surface area (TPSA) is 74.4 Å². The summed E-state index contributed by atoms with van der Waals surface area (Å²) in [5.74, 6) is 1.38. The summed E-state index contributed by atoms with van der Waals surface area (Å²) in [6.07, 6.45) is 3.11. The van der Waals surface area contributed by atoms with Gasteiger partial charge in [0.2, 0.25) is 0 Å². The Labute approximate surface area is 129 Å². The predicted molar refractivity (Wildman–Crippen MR) is 90.1 cm³/mol. The van der Waals surface area contributed by atoms with Crippen molar-refractivity contribution >= 4 is 28.5 Å². The second-order valence-electron chi connectivity index (χ2n) is 5.90. The number of oxime groups is 1. The zero-order valence-corrected chi connectivity index (χ0v) is 13.4. The molecule has 1 aromatic carbocycles. The first-order valence-electron chi connectivity index (χ1n) is 7.21. The standard InChI is InChI=1S/C16H23N3OS/c1-16(2,15(17)19-20)9-5-6-10-21-14-11-12-7-3-4-8-13(12)18-14/h3-4,7-8,11,18,20H,5-6,9-10H2,1-2H3,(H2,17,19). The summed E-state index contributed by atoms with van der Waals surface area (Å²) in [5, 5.41) is 14.3. The van der Waals surface area contributed by atoms with Crippen molar-refractivity contribution in [2.45, 2.75) is 38.1 Å². The van der Waals surface area contributed by atoms with Gasteiger partial charge in [0.1, 0.15) is 5.84 Å². The second-order valence-corrected chi connectivity index (χ2v) is 7.03. The number of amidine groups is 1. The summed E-state index contributed by atoms with van der Waals surface area (Å²) in [7, 11) is 0. The first-order chi connectivity index (χ1) is 10.0. The molecule has 5 heteroatoms. The van der Waals surface area contributed by atoms with Gasteiger partial charge in [0, 0.05) is 16.3 Å². The molecule has 4 N–H and O–H groups in total. The quantitative estimate of drug-likeness (QED) is 0.179. The van der Waals surface area contributed by atoms with Gasteiger partial charge in [0.15, 0.2) is 0 Å². The summed E-state index contributed by atoms with van der Waals surface area (Å²) in [6, 6.07) is 10.5. The average Bonchev–Trinajstić information content (AvgIpc) is 2.88. The first kappa shape index (κ1) is 15.8. The van der Waals surface area contributed by atoms with Crippen molar-refractivity contribution in [2.75, 3.05) is 5.75 Å². The molecule has 21 heavy (non-hydrogen) atoms. The molecule has 0 aliphatic carbocycles. The molecule has 0 fully saturated rings. The lowest BCUT2D eigenvalue weighted by molar-refractivity contribution is 0.304. The molecule has 0 spiro atoms. The van der Waals surface area contributed by atoms with Gasteiger partial charge in [-0.15, -0.1) is 11.8 Å². The lowest BCUT2D eigenvalue weighted by Gasteiger charge is -2.22. The molecule has 2 aromatic rings. The number of benzene rings is 1. The van der Waals surface area contributed by atoms with Crippen molar-refractivity contribution < 1.29 is 5.21 Å².